The Labute approximate surface area is 201 Å². The second kappa shape index (κ2) is 13.7. The summed E-state index contributed by atoms with van der Waals surface area (Å²) in [6, 6.07) is 6.66. The topological polar surface area (TPSA) is 44.3 Å². The molecular weight excluding hydrogens is 404 g/mol. The molecule has 1 N–H and O–H groups in total. The molecule has 0 bridgehead atoms. The largest absolute Gasteiger partial charge is 0.345 e. The zero-order valence-corrected chi connectivity index (χ0v) is 21.5. The number of aryl methyl sites for hydroxylation is 2. The lowest BCUT2D eigenvalue weighted by Gasteiger charge is -2.10. The minimum atomic E-state index is 0.807. The van der Waals surface area contributed by atoms with Gasteiger partial charge in [-0.3, -0.25) is 4.99 Å². The average Bonchev–Trinajstić information content (AvgIpc) is 3.16. The number of aliphatic imine (C=N–C) groups is 1. The predicted octanol–water partition coefficient (Wildman–Crippen LogP) is 6.72. The van der Waals surface area contributed by atoms with Gasteiger partial charge in [-0.25, -0.2) is 4.98 Å². The van der Waals surface area contributed by atoms with Gasteiger partial charge in [-0.15, -0.1) is 0 Å². The molecule has 2 rings (SSSR count). The summed E-state index contributed by atoms with van der Waals surface area (Å²) < 4.78 is 0. The normalized spacial score (nSPS) is 12.8. The third kappa shape index (κ3) is 8.29. The van der Waals surface area contributed by atoms with Gasteiger partial charge in [0.15, 0.2) is 0 Å². The molecule has 0 aliphatic rings. The first-order valence-electron chi connectivity index (χ1n) is 12.1. The van der Waals surface area contributed by atoms with Crippen LogP contribution in [0.3, 0.4) is 0 Å². The Morgan fingerprint density at radius 1 is 1.24 bits per heavy atom. The van der Waals surface area contributed by atoms with Crippen molar-refractivity contribution in [3.63, 3.8) is 0 Å². The monoisotopic (exact) mass is 446 g/mol. The van der Waals surface area contributed by atoms with Crippen molar-refractivity contribution in [2.45, 2.75) is 59.3 Å². The van der Waals surface area contributed by atoms with Gasteiger partial charge in [0.1, 0.15) is 5.82 Å². The Morgan fingerprint density at radius 2 is 2.03 bits per heavy atom. The summed E-state index contributed by atoms with van der Waals surface area (Å²) in [5.41, 5.74) is 8.43. The van der Waals surface area contributed by atoms with Crippen LogP contribution in [-0.4, -0.2) is 48.3 Å². The molecule has 1 aromatic heterocycles. The first kappa shape index (κ1) is 26.5. The molecule has 1 aromatic carbocycles. The van der Waals surface area contributed by atoms with Gasteiger partial charge in [0, 0.05) is 30.4 Å². The second-order valence-electron chi connectivity index (χ2n) is 8.94. The average molecular weight is 447 g/mol. The van der Waals surface area contributed by atoms with E-state index in [0.717, 1.165) is 61.6 Å². The van der Waals surface area contributed by atoms with E-state index in [1.165, 1.54) is 28.7 Å². The number of aromatic nitrogens is 2. The summed E-state index contributed by atoms with van der Waals surface area (Å²) in [6.07, 6.45) is 14.7. The van der Waals surface area contributed by atoms with Crippen LogP contribution >= 0.6 is 0 Å². The molecule has 0 fully saturated rings. The highest BCUT2D eigenvalue weighted by atomic mass is 15.0. The van der Waals surface area contributed by atoms with Crippen molar-refractivity contribution in [1.82, 2.24) is 14.9 Å². The fourth-order valence-corrected chi connectivity index (χ4v) is 4.06. The van der Waals surface area contributed by atoms with Crippen molar-refractivity contribution in [2.75, 3.05) is 27.7 Å². The number of benzene rings is 1. The van der Waals surface area contributed by atoms with Crippen LogP contribution < -0.4 is 0 Å². The lowest BCUT2D eigenvalue weighted by atomic mass is 9.96. The SMILES string of the molecule is C=C/C=C(\C/C=C\Cc1nc(-c2ccc(C(C)=NC)c(CCC)c2)c(C)[nH]1)CCCN(C)C. The van der Waals surface area contributed by atoms with E-state index in [0.29, 0.717) is 0 Å². The highest BCUT2D eigenvalue weighted by Crippen LogP contribution is 2.26. The number of nitrogens with one attached hydrogen (secondary N) is 1. The third-order valence-corrected chi connectivity index (χ3v) is 5.87. The molecular formula is C29H42N4. The number of aromatic amines is 1. The molecule has 0 amide bonds. The second-order valence-corrected chi connectivity index (χ2v) is 8.94. The lowest BCUT2D eigenvalue weighted by molar-refractivity contribution is 0.399. The van der Waals surface area contributed by atoms with E-state index in [9.17, 15) is 0 Å². The minimum Gasteiger partial charge on any atom is -0.345 e. The van der Waals surface area contributed by atoms with Crippen LogP contribution in [0, 0.1) is 6.92 Å². The first-order chi connectivity index (χ1) is 15.9. The Hall–Kier alpha value is -2.72. The standard InChI is InChI=1S/C29H42N4/c1-8-13-24(16-12-20-33(6)7)15-10-11-17-28-31-23(4)29(32-28)26-18-19-27(22(3)30-5)25(21-26)14-9-2/h8,10-11,13,18-19,21H,1,9,12,14-17,20H2,2-7H3,(H,31,32)/b11-10-,24-13+,30-22?. The quantitative estimate of drug-likeness (QED) is 0.211. The van der Waals surface area contributed by atoms with Crippen LogP contribution in [0.4, 0.5) is 0 Å². The van der Waals surface area contributed by atoms with Gasteiger partial charge in [0.25, 0.3) is 0 Å². The summed E-state index contributed by atoms with van der Waals surface area (Å²) in [6.45, 7) is 11.4. The van der Waals surface area contributed by atoms with Crippen molar-refractivity contribution in [2.24, 2.45) is 4.99 Å². The van der Waals surface area contributed by atoms with Crippen LogP contribution in [0.15, 0.2) is 59.6 Å². The number of nitrogens with zero attached hydrogens (tertiary/aromatic N) is 3. The smallest absolute Gasteiger partial charge is 0.110 e. The summed E-state index contributed by atoms with van der Waals surface area (Å²) in [4.78, 5) is 15.0. The Bertz CT molecular complexity index is 989. The summed E-state index contributed by atoms with van der Waals surface area (Å²) in [7, 11) is 6.10. The number of hydrogen-bond acceptors (Lipinski definition) is 3. The van der Waals surface area contributed by atoms with Crippen molar-refractivity contribution in [1.29, 1.82) is 0 Å². The molecule has 0 unspecified atom stereocenters. The molecule has 0 spiro atoms. The fraction of sp³-hybridized carbons (Fsp3) is 0.448. The van der Waals surface area contributed by atoms with E-state index in [2.05, 4.69) is 92.7 Å². The fourth-order valence-electron chi connectivity index (χ4n) is 4.06. The lowest BCUT2D eigenvalue weighted by Crippen LogP contribution is -2.12. The summed E-state index contributed by atoms with van der Waals surface area (Å²) in [5.74, 6) is 1.01. The van der Waals surface area contributed by atoms with Crippen LogP contribution in [0.1, 0.15) is 62.2 Å². The van der Waals surface area contributed by atoms with Crippen molar-refractivity contribution in [3.8, 4) is 11.3 Å². The van der Waals surface area contributed by atoms with Gasteiger partial charge in [-0.2, -0.15) is 0 Å². The van der Waals surface area contributed by atoms with E-state index >= 15 is 0 Å². The van der Waals surface area contributed by atoms with Crippen molar-refractivity contribution >= 4 is 5.71 Å². The van der Waals surface area contributed by atoms with Gasteiger partial charge in [0.2, 0.25) is 0 Å². The number of allylic oxidation sites excluding steroid dienone is 5. The van der Waals surface area contributed by atoms with Crippen LogP contribution in [0.25, 0.3) is 11.3 Å². The van der Waals surface area contributed by atoms with Crippen LogP contribution in [-0.2, 0) is 12.8 Å². The third-order valence-electron chi connectivity index (χ3n) is 5.87. The van der Waals surface area contributed by atoms with E-state index < -0.39 is 0 Å². The molecule has 4 heteroatoms. The first-order valence-corrected chi connectivity index (χ1v) is 12.1. The number of rotatable bonds is 13. The van der Waals surface area contributed by atoms with E-state index in [-0.39, 0.29) is 0 Å². The molecule has 1 heterocycles. The molecule has 0 atom stereocenters. The van der Waals surface area contributed by atoms with Gasteiger partial charge in [-0.1, -0.05) is 61.9 Å². The van der Waals surface area contributed by atoms with Gasteiger partial charge in [-0.05, 0) is 77.4 Å². The highest BCUT2D eigenvalue weighted by Gasteiger charge is 2.12. The molecule has 4 nitrogen and oxygen atoms in total. The van der Waals surface area contributed by atoms with Crippen LogP contribution in [0.5, 0.6) is 0 Å². The number of imidazole rings is 1. The van der Waals surface area contributed by atoms with Gasteiger partial charge < -0.3 is 9.88 Å². The maximum atomic E-state index is 4.92. The Balaban J connectivity index is 2.08. The molecule has 0 aliphatic heterocycles. The Kier molecular flexibility index (Phi) is 11.0. The van der Waals surface area contributed by atoms with Gasteiger partial charge >= 0.3 is 0 Å². The minimum absolute atomic E-state index is 0.807. The maximum Gasteiger partial charge on any atom is 0.110 e. The van der Waals surface area contributed by atoms with Crippen molar-refractivity contribution in [3.05, 3.63) is 77.3 Å². The molecule has 0 aliphatic carbocycles. The molecule has 2 aromatic rings. The van der Waals surface area contributed by atoms with Gasteiger partial charge in [0.05, 0.1) is 5.69 Å². The molecule has 0 saturated heterocycles. The zero-order valence-electron chi connectivity index (χ0n) is 21.5. The van der Waals surface area contributed by atoms with E-state index in [1.54, 1.807) is 0 Å². The molecule has 33 heavy (non-hydrogen) atoms. The zero-order chi connectivity index (χ0) is 24.2. The van der Waals surface area contributed by atoms with E-state index in [1.807, 2.05) is 13.1 Å². The Morgan fingerprint density at radius 3 is 2.70 bits per heavy atom. The molecule has 0 saturated carbocycles. The maximum absolute atomic E-state index is 4.92. The molecule has 0 radical (unpaired) electrons. The number of hydrogen-bond donors (Lipinski definition) is 1. The van der Waals surface area contributed by atoms with Crippen molar-refractivity contribution < 1.29 is 0 Å². The predicted molar refractivity (Wildman–Crippen MR) is 144 cm³/mol. The summed E-state index contributed by atoms with van der Waals surface area (Å²) >= 11 is 0. The molecule has 178 valence electrons. The summed E-state index contributed by atoms with van der Waals surface area (Å²) in [5, 5.41) is 0. The highest BCUT2D eigenvalue weighted by molar-refractivity contribution is 6.00. The van der Waals surface area contributed by atoms with E-state index in [4.69, 9.17) is 4.98 Å². The number of H-pyrrole nitrogens is 1. The van der Waals surface area contributed by atoms with Crippen LogP contribution in [0.2, 0.25) is 0 Å².